The highest BCUT2D eigenvalue weighted by molar-refractivity contribution is 7.89. The Morgan fingerprint density at radius 1 is 1.27 bits per heavy atom. The van der Waals surface area contributed by atoms with Gasteiger partial charge in [0.1, 0.15) is 0 Å². The summed E-state index contributed by atoms with van der Waals surface area (Å²) < 4.78 is 27.9. The molecule has 1 saturated carbocycles. The van der Waals surface area contributed by atoms with Crippen LogP contribution in [0.25, 0.3) is 0 Å². The van der Waals surface area contributed by atoms with Crippen LogP contribution in [0, 0.1) is 12.8 Å². The number of aromatic carboxylic acids is 1. The monoisotopic (exact) mass is 325 g/mol. The zero-order chi connectivity index (χ0) is 16.3. The molecule has 1 aromatic carbocycles. The van der Waals surface area contributed by atoms with Gasteiger partial charge in [-0.2, -0.15) is 0 Å². The van der Waals surface area contributed by atoms with E-state index >= 15 is 0 Å². The highest BCUT2D eigenvalue weighted by atomic mass is 32.2. The maximum Gasteiger partial charge on any atom is 0.335 e. The minimum absolute atomic E-state index is 0.0215. The van der Waals surface area contributed by atoms with Crippen molar-refractivity contribution in [1.82, 2.24) is 4.72 Å². The first-order valence-corrected chi connectivity index (χ1v) is 9.16. The molecule has 0 radical (unpaired) electrons. The van der Waals surface area contributed by atoms with Crippen molar-refractivity contribution in [2.45, 2.75) is 56.9 Å². The minimum Gasteiger partial charge on any atom is -0.478 e. The molecular weight excluding hydrogens is 302 g/mol. The van der Waals surface area contributed by atoms with Gasteiger partial charge in [-0.05, 0) is 50.3 Å². The van der Waals surface area contributed by atoms with Crippen molar-refractivity contribution >= 4 is 16.0 Å². The molecule has 6 heteroatoms. The van der Waals surface area contributed by atoms with Crippen molar-refractivity contribution in [3.63, 3.8) is 0 Å². The maximum atomic E-state index is 12.6. The minimum atomic E-state index is -3.71. The second-order valence-corrected chi connectivity index (χ2v) is 7.72. The maximum absolute atomic E-state index is 12.6. The first-order chi connectivity index (χ1) is 10.3. The Hall–Kier alpha value is -1.40. The third-order valence-corrected chi connectivity index (χ3v) is 6.21. The third-order valence-electron chi connectivity index (χ3n) is 4.50. The normalized spacial score (nSPS) is 18.1. The van der Waals surface area contributed by atoms with E-state index in [2.05, 4.69) is 4.72 Å². The molecule has 1 atom stereocenters. The molecule has 0 aliphatic heterocycles. The summed E-state index contributed by atoms with van der Waals surface area (Å²) in [6.07, 6.45) is 5.58. The first kappa shape index (κ1) is 17.0. The summed E-state index contributed by atoms with van der Waals surface area (Å²) in [7, 11) is -3.71. The van der Waals surface area contributed by atoms with Gasteiger partial charge in [-0.3, -0.25) is 0 Å². The van der Waals surface area contributed by atoms with Crippen molar-refractivity contribution in [3.05, 3.63) is 29.3 Å². The number of hydrogen-bond donors (Lipinski definition) is 2. The molecule has 1 aromatic rings. The summed E-state index contributed by atoms with van der Waals surface area (Å²) in [4.78, 5) is 11.2. The first-order valence-electron chi connectivity index (χ1n) is 7.68. The zero-order valence-corrected chi connectivity index (χ0v) is 13.8. The van der Waals surface area contributed by atoms with E-state index in [1.54, 1.807) is 0 Å². The zero-order valence-electron chi connectivity index (χ0n) is 13.0. The standard InChI is InChI=1S/C16H23NO4S/c1-11-14(16(18)19)9-6-10-15(11)22(20,21)17-12(2)13-7-4-3-5-8-13/h6,9-10,12-13,17H,3-5,7-8H2,1-2H3,(H,18,19). The van der Waals surface area contributed by atoms with E-state index in [0.29, 0.717) is 5.92 Å². The van der Waals surface area contributed by atoms with E-state index in [0.717, 1.165) is 25.7 Å². The molecule has 5 nitrogen and oxygen atoms in total. The number of benzene rings is 1. The van der Waals surface area contributed by atoms with Crippen LogP contribution in [0.5, 0.6) is 0 Å². The molecule has 2 N–H and O–H groups in total. The number of carboxylic acids is 1. The van der Waals surface area contributed by atoms with Gasteiger partial charge >= 0.3 is 5.97 Å². The van der Waals surface area contributed by atoms with E-state index in [1.165, 1.54) is 31.5 Å². The fourth-order valence-electron chi connectivity index (χ4n) is 3.18. The van der Waals surface area contributed by atoms with Gasteiger partial charge in [0, 0.05) is 6.04 Å². The molecule has 1 unspecified atom stereocenters. The smallest absolute Gasteiger partial charge is 0.335 e. The molecule has 1 aliphatic carbocycles. The van der Waals surface area contributed by atoms with E-state index in [1.807, 2.05) is 6.92 Å². The molecule has 1 aliphatic rings. The number of sulfonamides is 1. The summed E-state index contributed by atoms with van der Waals surface area (Å²) >= 11 is 0. The number of nitrogens with one attached hydrogen (secondary N) is 1. The van der Waals surface area contributed by atoms with Crippen LogP contribution in [-0.4, -0.2) is 25.5 Å². The van der Waals surface area contributed by atoms with Crippen LogP contribution in [0.3, 0.4) is 0 Å². The Kier molecular flexibility index (Phi) is 5.24. The van der Waals surface area contributed by atoms with Gasteiger partial charge in [0.2, 0.25) is 10.0 Å². The molecule has 0 amide bonds. The van der Waals surface area contributed by atoms with E-state index in [9.17, 15) is 13.2 Å². The summed E-state index contributed by atoms with van der Waals surface area (Å²) in [5.74, 6) is -0.763. The Labute approximate surface area is 131 Å². The molecule has 0 spiro atoms. The summed E-state index contributed by atoms with van der Waals surface area (Å²) in [6, 6.07) is 4.20. The molecular formula is C16H23NO4S. The fraction of sp³-hybridized carbons (Fsp3) is 0.562. The van der Waals surface area contributed by atoms with Crippen molar-refractivity contribution in [3.8, 4) is 0 Å². The third kappa shape index (κ3) is 3.67. The molecule has 0 bridgehead atoms. The number of carboxylic acid groups (broad SMARTS) is 1. The average Bonchev–Trinajstić information content (AvgIpc) is 2.47. The highest BCUT2D eigenvalue weighted by Crippen LogP contribution is 2.27. The molecule has 0 heterocycles. The van der Waals surface area contributed by atoms with Crippen LogP contribution < -0.4 is 4.72 Å². The summed E-state index contributed by atoms with van der Waals surface area (Å²) in [5, 5.41) is 9.13. The van der Waals surface area contributed by atoms with Crippen LogP contribution in [0.2, 0.25) is 0 Å². The Morgan fingerprint density at radius 2 is 1.91 bits per heavy atom. The Morgan fingerprint density at radius 3 is 2.50 bits per heavy atom. The van der Waals surface area contributed by atoms with Crippen LogP contribution in [0.15, 0.2) is 23.1 Å². The molecule has 0 saturated heterocycles. The van der Waals surface area contributed by atoms with Crippen molar-refractivity contribution < 1.29 is 18.3 Å². The van der Waals surface area contributed by atoms with Crippen LogP contribution in [0.1, 0.15) is 54.9 Å². The fourth-order valence-corrected chi connectivity index (χ4v) is 4.76. The summed E-state index contributed by atoms with van der Waals surface area (Å²) in [6.45, 7) is 3.42. The predicted octanol–water partition coefficient (Wildman–Crippen LogP) is 2.94. The molecule has 122 valence electrons. The van der Waals surface area contributed by atoms with E-state index < -0.39 is 16.0 Å². The van der Waals surface area contributed by atoms with Gasteiger partial charge in [-0.25, -0.2) is 17.9 Å². The lowest BCUT2D eigenvalue weighted by atomic mass is 9.85. The highest BCUT2D eigenvalue weighted by Gasteiger charge is 2.27. The average molecular weight is 325 g/mol. The number of hydrogen-bond acceptors (Lipinski definition) is 3. The lowest BCUT2D eigenvalue weighted by molar-refractivity contribution is 0.0696. The summed E-state index contributed by atoms with van der Waals surface area (Å²) in [5.41, 5.74) is 0.298. The van der Waals surface area contributed by atoms with Gasteiger partial charge in [-0.15, -0.1) is 0 Å². The lowest BCUT2D eigenvalue weighted by Crippen LogP contribution is -2.39. The molecule has 1 fully saturated rings. The second-order valence-electron chi connectivity index (χ2n) is 6.04. The van der Waals surface area contributed by atoms with Gasteiger partial charge in [-0.1, -0.05) is 25.3 Å². The number of carbonyl (C=O) groups is 1. The number of rotatable bonds is 5. The van der Waals surface area contributed by atoms with Crippen molar-refractivity contribution in [2.75, 3.05) is 0 Å². The van der Waals surface area contributed by atoms with Crippen molar-refractivity contribution in [2.24, 2.45) is 5.92 Å². The quantitative estimate of drug-likeness (QED) is 0.872. The Bertz CT molecular complexity index is 648. The largest absolute Gasteiger partial charge is 0.478 e. The van der Waals surface area contributed by atoms with Gasteiger partial charge < -0.3 is 5.11 Å². The van der Waals surface area contributed by atoms with E-state index in [4.69, 9.17) is 5.11 Å². The van der Waals surface area contributed by atoms with Crippen LogP contribution >= 0.6 is 0 Å². The van der Waals surface area contributed by atoms with Gasteiger partial charge in [0.25, 0.3) is 0 Å². The van der Waals surface area contributed by atoms with Crippen LogP contribution in [-0.2, 0) is 10.0 Å². The second kappa shape index (κ2) is 6.79. The lowest BCUT2D eigenvalue weighted by Gasteiger charge is -2.28. The van der Waals surface area contributed by atoms with Gasteiger partial charge in [0.15, 0.2) is 0 Å². The molecule has 2 rings (SSSR count). The van der Waals surface area contributed by atoms with E-state index in [-0.39, 0.29) is 22.1 Å². The Balaban J connectivity index is 2.23. The van der Waals surface area contributed by atoms with Gasteiger partial charge in [0.05, 0.1) is 10.5 Å². The molecule has 0 aromatic heterocycles. The SMILES string of the molecule is Cc1c(C(=O)O)cccc1S(=O)(=O)NC(C)C1CCCCC1. The van der Waals surface area contributed by atoms with Crippen LogP contribution in [0.4, 0.5) is 0 Å². The topological polar surface area (TPSA) is 83.5 Å². The van der Waals surface area contributed by atoms with Crippen molar-refractivity contribution in [1.29, 1.82) is 0 Å². The predicted molar refractivity (Wildman–Crippen MR) is 84.5 cm³/mol. The molecule has 22 heavy (non-hydrogen) atoms.